The molecule has 6 rings (SSSR count). The number of hydrogen-bond donors (Lipinski definition) is 2. The molecule has 1 aliphatic rings. The van der Waals surface area contributed by atoms with Gasteiger partial charge >= 0.3 is 5.97 Å². The number of hydrogen-bond acceptors (Lipinski definition) is 6. The Morgan fingerprint density at radius 3 is 2.92 bits per heavy atom. The summed E-state index contributed by atoms with van der Waals surface area (Å²) in [6, 6.07) is 12.9. The van der Waals surface area contributed by atoms with E-state index in [4.69, 9.17) is 16.3 Å². The van der Waals surface area contributed by atoms with Crippen LogP contribution in [-0.2, 0) is 0 Å². The number of aromatic amines is 1. The predicted octanol–water partition coefficient (Wildman–Crippen LogP) is 4.97. The van der Waals surface area contributed by atoms with Crippen molar-refractivity contribution in [3.8, 4) is 11.6 Å². The molecule has 0 amide bonds. The number of anilines is 1. The van der Waals surface area contributed by atoms with Crippen LogP contribution in [0.25, 0.3) is 27.6 Å². The van der Waals surface area contributed by atoms with Crippen LogP contribution in [0.2, 0.25) is 5.02 Å². The molecule has 192 valence electrons. The predicted molar refractivity (Wildman–Crippen MR) is 146 cm³/mol. The van der Waals surface area contributed by atoms with Crippen LogP contribution in [0, 0.1) is 6.92 Å². The number of aryl methyl sites for hydroxylation is 1. The minimum atomic E-state index is -1.30. The molecule has 38 heavy (non-hydrogen) atoms. The number of aromatic carboxylic acids is 1. The van der Waals surface area contributed by atoms with Gasteiger partial charge in [0.2, 0.25) is 11.3 Å². The summed E-state index contributed by atoms with van der Waals surface area (Å²) in [4.78, 5) is 39.0. The van der Waals surface area contributed by atoms with Gasteiger partial charge in [0.05, 0.1) is 39.6 Å². The third kappa shape index (κ3) is 4.14. The van der Waals surface area contributed by atoms with E-state index in [9.17, 15) is 14.7 Å². The average Bonchev–Trinajstić information content (AvgIpc) is 3.57. The number of imidazole rings is 1. The highest BCUT2D eigenvalue weighted by Gasteiger charge is 2.28. The van der Waals surface area contributed by atoms with Crippen molar-refractivity contribution in [2.24, 2.45) is 0 Å². The molecular formula is C28H24ClN5O4. The zero-order chi connectivity index (χ0) is 26.4. The van der Waals surface area contributed by atoms with Gasteiger partial charge in [0.15, 0.2) is 0 Å². The molecule has 1 saturated heterocycles. The Morgan fingerprint density at radius 2 is 2.11 bits per heavy atom. The molecule has 9 nitrogen and oxygen atoms in total. The molecule has 1 atom stereocenters. The van der Waals surface area contributed by atoms with E-state index < -0.39 is 11.4 Å². The van der Waals surface area contributed by atoms with Gasteiger partial charge in [-0.15, -0.1) is 0 Å². The van der Waals surface area contributed by atoms with Gasteiger partial charge in [0.1, 0.15) is 12.2 Å². The Balaban J connectivity index is 1.46. The van der Waals surface area contributed by atoms with Gasteiger partial charge in [0.25, 0.3) is 0 Å². The van der Waals surface area contributed by atoms with Crippen LogP contribution in [0.5, 0.6) is 5.88 Å². The molecule has 0 saturated carbocycles. The summed E-state index contributed by atoms with van der Waals surface area (Å²) in [6.07, 6.45) is 6.56. The standard InChI is InChI=1S/C28H24ClN5O4/c1-16-4-2-8-30-27(16)38-14-18-5-3-9-33(18)25-12-24-19(11-21(25)29)26(35)20(28(36)37)13-34(24)17-6-7-22-23(10-17)32-15-31-22/h2,4,6-8,10-13,15,18H,3,5,9,14H2,1H3,(H,31,32)(H,36,37)/t18-/m1/s1. The van der Waals surface area contributed by atoms with Crippen LogP contribution in [0.3, 0.4) is 0 Å². The van der Waals surface area contributed by atoms with Gasteiger partial charge < -0.3 is 24.3 Å². The van der Waals surface area contributed by atoms with Gasteiger partial charge in [-0.25, -0.2) is 14.8 Å². The average molecular weight is 530 g/mol. The van der Waals surface area contributed by atoms with Gasteiger partial charge in [-0.2, -0.15) is 0 Å². The second-order valence-corrected chi connectivity index (χ2v) is 9.80. The van der Waals surface area contributed by atoms with E-state index in [-0.39, 0.29) is 17.0 Å². The summed E-state index contributed by atoms with van der Waals surface area (Å²) in [5, 5.41) is 10.4. The minimum absolute atomic E-state index is 0.0613. The number of nitrogens with one attached hydrogen (secondary N) is 1. The lowest BCUT2D eigenvalue weighted by atomic mass is 10.1. The van der Waals surface area contributed by atoms with Crippen LogP contribution >= 0.6 is 11.6 Å². The molecule has 0 radical (unpaired) electrons. The molecule has 5 aromatic rings. The summed E-state index contributed by atoms with van der Waals surface area (Å²) in [5.74, 6) is -0.691. The molecule has 3 aromatic heterocycles. The van der Waals surface area contributed by atoms with Crippen molar-refractivity contribution in [3.05, 3.63) is 87.6 Å². The molecule has 4 heterocycles. The quantitative estimate of drug-likeness (QED) is 0.319. The maximum atomic E-state index is 13.2. The number of ether oxygens (including phenoxy) is 1. The number of fused-ring (bicyclic) bond motifs is 2. The second-order valence-electron chi connectivity index (χ2n) is 9.40. The van der Waals surface area contributed by atoms with Gasteiger partial charge in [-0.3, -0.25) is 4.79 Å². The smallest absolute Gasteiger partial charge is 0.341 e. The van der Waals surface area contributed by atoms with Crippen molar-refractivity contribution >= 4 is 45.2 Å². The molecule has 0 unspecified atom stereocenters. The van der Waals surface area contributed by atoms with E-state index in [2.05, 4.69) is 19.9 Å². The maximum absolute atomic E-state index is 13.2. The fourth-order valence-corrected chi connectivity index (χ4v) is 5.39. The lowest BCUT2D eigenvalue weighted by Gasteiger charge is -2.28. The van der Waals surface area contributed by atoms with Crippen LogP contribution in [0.1, 0.15) is 28.8 Å². The monoisotopic (exact) mass is 529 g/mol. The summed E-state index contributed by atoms with van der Waals surface area (Å²) < 4.78 is 7.78. The van der Waals surface area contributed by atoms with Crippen molar-refractivity contribution in [2.45, 2.75) is 25.8 Å². The molecule has 0 bridgehead atoms. The zero-order valence-electron chi connectivity index (χ0n) is 20.5. The van der Waals surface area contributed by atoms with E-state index in [0.717, 1.165) is 41.7 Å². The number of benzene rings is 2. The van der Waals surface area contributed by atoms with Crippen LogP contribution in [0.4, 0.5) is 5.69 Å². The fraction of sp³-hybridized carbons (Fsp3) is 0.214. The zero-order valence-corrected chi connectivity index (χ0v) is 21.3. The first-order chi connectivity index (χ1) is 18.4. The highest BCUT2D eigenvalue weighted by atomic mass is 35.5. The van der Waals surface area contributed by atoms with E-state index in [1.165, 1.54) is 6.20 Å². The summed E-state index contributed by atoms with van der Waals surface area (Å²) in [5.41, 5.74) is 3.65. The lowest BCUT2D eigenvalue weighted by molar-refractivity contribution is 0.0695. The van der Waals surface area contributed by atoms with E-state index in [1.54, 1.807) is 23.2 Å². The minimum Gasteiger partial charge on any atom is -0.477 e. The Morgan fingerprint density at radius 1 is 1.24 bits per heavy atom. The molecule has 0 spiro atoms. The van der Waals surface area contributed by atoms with Crippen molar-refractivity contribution < 1.29 is 14.6 Å². The van der Waals surface area contributed by atoms with Crippen molar-refractivity contribution in [3.63, 3.8) is 0 Å². The Bertz CT molecular complexity index is 1760. The molecule has 0 aliphatic carbocycles. The number of pyridine rings is 2. The third-order valence-corrected chi connectivity index (χ3v) is 7.35. The normalized spacial score (nSPS) is 15.4. The molecule has 10 heteroatoms. The third-order valence-electron chi connectivity index (χ3n) is 7.04. The number of carboxylic acid groups (broad SMARTS) is 1. The second kappa shape index (κ2) is 9.50. The van der Waals surface area contributed by atoms with Crippen LogP contribution in [0.15, 0.2) is 66.0 Å². The van der Waals surface area contributed by atoms with Crippen LogP contribution < -0.4 is 15.1 Å². The number of carbonyl (C=O) groups is 1. The first-order valence-electron chi connectivity index (χ1n) is 12.3. The van der Waals surface area contributed by atoms with Crippen molar-refractivity contribution in [2.75, 3.05) is 18.1 Å². The molecular weight excluding hydrogens is 506 g/mol. The highest BCUT2D eigenvalue weighted by molar-refractivity contribution is 6.34. The van der Waals surface area contributed by atoms with Gasteiger partial charge in [-0.1, -0.05) is 17.7 Å². The number of aromatic nitrogens is 4. The first kappa shape index (κ1) is 24.0. The first-order valence-corrected chi connectivity index (χ1v) is 12.7. The van der Waals surface area contributed by atoms with E-state index >= 15 is 0 Å². The molecule has 2 aromatic carbocycles. The Hall–Kier alpha value is -4.37. The Kier molecular flexibility index (Phi) is 6.00. The number of H-pyrrole nitrogens is 1. The van der Waals surface area contributed by atoms with Crippen molar-refractivity contribution in [1.82, 2.24) is 19.5 Å². The number of halogens is 1. The summed E-state index contributed by atoms with van der Waals surface area (Å²) in [7, 11) is 0. The number of nitrogens with zero attached hydrogens (tertiary/aromatic N) is 4. The molecule has 2 N–H and O–H groups in total. The SMILES string of the molecule is Cc1cccnc1OC[C@H]1CCCN1c1cc2c(cc1Cl)c(=O)c(C(=O)O)cn2-c1ccc2nc[nH]c2c1. The van der Waals surface area contributed by atoms with Gasteiger partial charge in [-0.05, 0) is 56.2 Å². The van der Waals surface area contributed by atoms with E-state index in [1.807, 2.05) is 43.3 Å². The van der Waals surface area contributed by atoms with Gasteiger partial charge in [0, 0.05) is 35.6 Å². The largest absolute Gasteiger partial charge is 0.477 e. The molecule has 1 aliphatic heterocycles. The molecule has 1 fully saturated rings. The lowest BCUT2D eigenvalue weighted by Crippen LogP contribution is -2.34. The summed E-state index contributed by atoms with van der Waals surface area (Å²) >= 11 is 6.75. The maximum Gasteiger partial charge on any atom is 0.341 e. The topological polar surface area (TPSA) is 113 Å². The Labute approximate surface area is 222 Å². The summed E-state index contributed by atoms with van der Waals surface area (Å²) in [6.45, 7) is 3.17. The number of rotatable bonds is 6. The highest BCUT2D eigenvalue weighted by Crippen LogP contribution is 2.36. The van der Waals surface area contributed by atoms with Crippen LogP contribution in [-0.4, -0.2) is 49.8 Å². The van der Waals surface area contributed by atoms with E-state index in [0.29, 0.717) is 28.7 Å². The number of carboxylic acids is 1. The van der Waals surface area contributed by atoms with Crippen molar-refractivity contribution in [1.29, 1.82) is 0 Å². The fourth-order valence-electron chi connectivity index (χ4n) is 5.12.